The van der Waals surface area contributed by atoms with Crippen molar-refractivity contribution >= 4 is 17.9 Å². The molecule has 1 aromatic carbocycles. The van der Waals surface area contributed by atoms with E-state index >= 15 is 0 Å². The number of ether oxygens (including phenoxy) is 1. The molecule has 2 aliphatic rings. The number of nitrogens with zero attached hydrogens (tertiary/aromatic N) is 2. The maximum atomic E-state index is 12.0. The average molecular weight is 424 g/mol. The Kier molecular flexibility index (Phi) is 7.22. The monoisotopic (exact) mass is 423 g/mol. The first-order valence-electron chi connectivity index (χ1n) is 11.5. The molecule has 7 heteroatoms. The minimum absolute atomic E-state index is 0.304. The van der Waals surface area contributed by atoms with Crippen LogP contribution in [0.2, 0.25) is 0 Å². The number of nitrogens with one attached hydrogen (secondary N) is 3. The van der Waals surface area contributed by atoms with Crippen LogP contribution in [0.15, 0.2) is 30.3 Å². The van der Waals surface area contributed by atoms with Crippen LogP contribution in [0.3, 0.4) is 0 Å². The van der Waals surface area contributed by atoms with Gasteiger partial charge in [0, 0.05) is 25.2 Å². The number of aromatic nitrogens is 2. The van der Waals surface area contributed by atoms with Crippen LogP contribution in [0.4, 0.5) is 16.6 Å². The van der Waals surface area contributed by atoms with E-state index in [1.165, 1.54) is 24.1 Å². The van der Waals surface area contributed by atoms with Gasteiger partial charge >= 0.3 is 6.09 Å². The molecule has 1 heterocycles. The average Bonchev–Trinajstić information content (AvgIpc) is 2.82. The smallest absolute Gasteiger partial charge is 0.407 e. The summed E-state index contributed by atoms with van der Waals surface area (Å²) in [6, 6.07) is 10.1. The molecule has 166 valence electrons. The highest BCUT2D eigenvalue weighted by molar-refractivity contribution is 5.67. The molecule has 0 spiro atoms. The van der Waals surface area contributed by atoms with Gasteiger partial charge < -0.3 is 20.7 Å². The zero-order valence-corrected chi connectivity index (χ0v) is 18.3. The molecule has 7 nitrogen and oxygen atoms in total. The van der Waals surface area contributed by atoms with Gasteiger partial charge in [-0.25, -0.2) is 9.78 Å². The summed E-state index contributed by atoms with van der Waals surface area (Å²) in [5.74, 6) is 2.20. The van der Waals surface area contributed by atoms with Crippen LogP contribution in [0, 0.1) is 5.92 Å². The van der Waals surface area contributed by atoms with E-state index in [-0.39, 0.29) is 6.09 Å². The van der Waals surface area contributed by atoms with Crippen molar-refractivity contribution < 1.29 is 9.53 Å². The van der Waals surface area contributed by atoms with Gasteiger partial charge in [0.25, 0.3) is 0 Å². The summed E-state index contributed by atoms with van der Waals surface area (Å²) in [5, 5.41) is 9.72. The van der Waals surface area contributed by atoms with Crippen LogP contribution < -0.4 is 16.0 Å². The van der Waals surface area contributed by atoms with Gasteiger partial charge in [-0.1, -0.05) is 30.3 Å². The van der Waals surface area contributed by atoms with Gasteiger partial charge in [0.15, 0.2) is 0 Å². The van der Waals surface area contributed by atoms with Crippen molar-refractivity contribution in [3.05, 3.63) is 47.2 Å². The highest BCUT2D eigenvalue weighted by Gasteiger charge is 2.24. The number of aryl methyl sites for hydroxylation is 1. The molecule has 1 aromatic heterocycles. The molecule has 1 amide bonds. The third-order valence-electron chi connectivity index (χ3n) is 6.35. The fourth-order valence-corrected chi connectivity index (χ4v) is 4.56. The number of fused-ring (bicyclic) bond motifs is 1. The lowest BCUT2D eigenvalue weighted by Crippen LogP contribution is -2.34. The molecule has 1 fully saturated rings. The van der Waals surface area contributed by atoms with Crippen molar-refractivity contribution in [3.8, 4) is 0 Å². The van der Waals surface area contributed by atoms with Gasteiger partial charge in [0.2, 0.25) is 5.95 Å². The summed E-state index contributed by atoms with van der Waals surface area (Å²) < 4.78 is 5.30. The lowest BCUT2D eigenvalue weighted by atomic mass is 9.86. The first-order chi connectivity index (χ1) is 15.2. The summed E-state index contributed by atoms with van der Waals surface area (Å²) in [7, 11) is 1.93. The molecule has 0 bridgehead atoms. The number of carbonyl (C=O) groups excluding carboxylic acids is 1. The highest BCUT2D eigenvalue weighted by atomic mass is 16.5. The number of benzene rings is 1. The maximum Gasteiger partial charge on any atom is 0.407 e. The number of carbonyl (C=O) groups is 1. The lowest BCUT2D eigenvalue weighted by molar-refractivity contribution is 0.136. The van der Waals surface area contributed by atoms with Gasteiger partial charge in [0.1, 0.15) is 12.4 Å². The molecule has 31 heavy (non-hydrogen) atoms. The molecular formula is C24H33N5O2. The minimum Gasteiger partial charge on any atom is -0.445 e. The zero-order chi connectivity index (χ0) is 21.5. The Labute approximate surface area is 184 Å². The van der Waals surface area contributed by atoms with E-state index in [2.05, 4.69) is 16.0 Å². The second-order valence-electron chi connectivity index (χ2n) is 8.58. The maximum absolute atomic E-state index is 12.0. The third kappa shape index (κ3) is 5.87. The van der Waals surface area contributed by atoms with Crippen molar-refractivity contribution in [1.82, 2.24) is 15.3 Å². The van der Waals surface area contributed by atoms with E-state index in [4.69, 9.17) is 14.7 Å². The lowest BCUT2D eigenvalue weighted by Gasteiger charge is -2.29. The standard InChI is InChI=1S/C24H33N5O2/c1-25-22-20-9-5-6-10-21(20)28-23(29-22)27-19-13-11-17(12-14-19)15-26-24(30)31-16-18-7-3-2-4-8-18/h2-4,7-8,17,19H,5-6,9-16H2,1H3,(H,26,30)(H2,25,27,28,29). The van der Waals surface area contributed by atoms with E-state index in [0.717, 1.165) is 55.9 Å². The fraction of sp³-hybridized carbons (Fsp3) is 0.542. The number of alkyl carbamates (subject to hydrolysis) is 1. The SMILES string of the molecule is CNc1nc(NC2CCC(CNC(=O)OCc3ccccc3)CC2)nc2c1CCCC2. The van der Waals surface area contributed by atoms with Crippen LogP contribution in [0.5, 0.6) is 0 Å². The Hall–Kier alpha value is -2.83. The zero-order valence-electron chi connectivity index (χ0n) is 18.3. The van der Waals surface area contributed by atoms with Crippen molar-refractivity contribution in [2.45, 2.75) is 64.0 Å². The summed E-state index contributed by atoms with van der Waals surface area (Å²) in [4.78, 5) is 21.5. The molecule has 0 saturated heterocycles. The van der Waals surface area contributed by atoms with Gasteiger partial charge in [-0.3, -0.25) is 0 Å². The van der Waals surface area contributed by atoms with Crippen molar-refractivity contribution in [1.29, 1.82) is 0 Å². The quantitative estimate of drug-likeness (QED) is 0.616. The second-order valence-corrected chi connectivity index (χ2v) is 8.58. The largest absolute Gasteiger partial charge is 0.445 e. The Morgan fingerprint density at radius 2 is 1.84 bits per heavy atom. The van der Waals surface area contributed by atoms with Crippen molar-refractivity contribution in [2.75, 3.05) is 24.2 Å². The molecule has 0 radical (unpaired) electrons. The van der Waals surface area contributed by atoms with Crippen molar-refractivity contribution in [3.63, 3.8) is 0 Å². The molecule has 2 aliphatic carbocycles. The number of rotatable bonds is 7. The topological polar surface area (TPSA) is 88.2 Å². The van der Waals surface area contributed by atoms with E-state index in [0.29, 0.717) is 25.1 Å². The van der Waals surface area contributed by atoms with Gasteiger partial charge in [-0.15, -0.1) is 0 Å². The molecule has 0 atom stereocenters. The van der Waals surface area contributed by atoms with E-state index in [9.17, 15) is 4.79 Å². The summed E-state index contributed by atoms with van der Waals surface area (Å²) in [5.41, 5.74) is 3.48. The normalized spacial score (nSPS) is 20.4. The van der Waals surface area contributed by atoms with Crippen LogP contribution >= 0.6 is 0 Å². The van der Waals surface area contributed by atoms with Crippen LogP contribution in [-0.2, 0) is 24.2 Å². The Morgan fingerprint density at radius 1 is 1.06 bits per heavy atom. The predicted molar refractivity (Wildman–Crippen MR) is 122 cm³/mol. The number of hydrogen-bond donors (Lipinski definition) is 3. The fourth-order valence-electron chi connectivity index (χ4n) is 4.56. The molecule has 0 aliphatic heterocycles. The number of amides is 1. The second kappa shape index (κ2) is 10.5. The number of hydrogen-bond acceptors (Lipinski definition) is 6. The molecular weight excluding hydrogens is 390 g/mol. The van der Waals surface area contributed by atoms with Crippen LogP contribution in [-0.4, -0.2) is 35.7 Å². The highest BCUT2D eigenvalue weighted by Crippen LogP contribution is 2.29. The van der Waals surface area contributed by atoms with Gasteiger partial charge in [-0.05, 0) is 62.8 Å². The van der Waals surface area contributed by atoms with Crippen LogP contribution in [0.25, 0.3) is 0 Å². The molecule has 4 rings (SSSR count). The molecule has 2 aromatic rings. The van der Waals surface area contributed by atoms with Crippen molar-refractivity contribution in [2.24, 2.45) is 5.92 Å². The van der Waals surface area contributed by atoms with Crippen LogP contribution in [0.1, 0.15) is 55.3 Å². The van der Waals surface area contributed by atoms with E-state index in [1.807, 2.05) is 37.4 Å². The van der Waals surface area contributed by atoms with Gasteiger partial charge in [-0.2, -0.15) is 4.98 Å². The molecule has 3 N–H and O–H groups in total. The molecule has 1 saturated carbocycles. The summed E-state index contributed by atoms with van der Waals surface area (Å²) in [6.45, 7) is 0.971. The Balaban J connectivity index is 1.20. The summed E-state index contributed by atoms with van der Waals surface area (Å²) in [6.07, 6.45) is 8.44. The molecule has 0 unspecified atom stereocenters. The third-order valence-corrected chi connectivity index (χ3v) is 6.35. The van der Waals surface area contributed by atoms with Gasteiger partial charge in [0.05, 0.1) is 5.69 Å². The Morgan fingerprint density at radius 3 is 2.61 bits per heavy atom. The Bertz CT molecular complexity index is 849. The van der Waals surface area contributed by atoms with E-state index < -0.39 is 0 Å². The predicted octanol–water partition coefficient (Wildman–Crippen LogP) is 4.29. The van der Waals surface area contributed by atoms with E-state index in [1.54, 1.807) is 0 Å². The summed E-state index contributed by atoms with van der Waals surface area (Å²) >= 11 is 0. The number of anilines is 2. The first-order valence-corrected chi connectivity index (χ1v) is 11.5. The first kappa shape index (κ1) is 21.4. The minimum atomic E-state index is -0.342.